The molecule has 0 aliphatic heterocycles. The summed E-state index contributed by atoms with van der Waals surface area (Å²) in [6, 6.07) is 0. The zero-order valence-electron chi connectivity index (χ0n) is 16.0. The van der Waals surface area contributed by atoms with Crippen molar-refractivity contribution in [2.24, 2.45) is 11.8 Å². The van der Waals surface area contributed by atoms with Crippen molar-refractivity contribution in [3.63, 3.8) is 0 Å². The molecule has 0 heterocycles. The van der Waals surface area contributed by atoms with Crippen molar-refractivity contribution in [2.45, 2.75) is 78.4 Å². The highest BCUT2D eigenvalue weighted by Gasteiger charge is 2.27. The van der Waals surface area contributed by atoms with E-state index in [9.17, 15) is 9.59 Å². The summed E-state index contributed by atoms with van der Waals surface area (Å²) < 4.78 is 10.6. The van der Waals surface area contributed by atoms with E-state index in [-0.39, 0.29) is 12.2 Å². The Bertz CT molecular complexity index is 384. The van der Waals surface area contributed by atoms with Crippen molar-refractivity contribution in [1.29, 1.82) is 0 Å². The molecule has 2 N–H and O–H groups in total. The van der Waals surface area contributed by atoms with Crippen LogP contribution in [0.5, 0.6) is 0 Å². The molecule has 6 nitrogen and oxygen atoms in total. The summed E-state index contributed by atoms with van der Waals surface area (Å²) in [7, 11) is 0. The van der Waals surface area contributed by atoms with Crippen LogP contribution in [0.25, 0.3) is 0 Å². The number of carbonyl (C=O) groups excluding carboxylic acids is 2. The molecule has 1 aliphatic rings. The summed E-state index contributed by atoms with van der Waals surface area (Å²) in [6.45, 7) is 12.2. The van der Waals surface area contributed by atoms with Gasteiger partial charge < -0.3 is 20.1 Å². The predicted molar refractivity (Wildman–Crippen MR) is 93.9 cm³/mol. The van der Waals surface area contributed by atoms with Crippen LogP contribution in [0.1, 0.15) is 67.2 Å². The van der Waals surface area contributed by atoms with Crippen LogP contribution in [0.2, 0.25) is 0 Å². The van der Waals surface area contributed by atoms with E-state index in [1.165, 1.54) is 0 Å². The van der Waals surface area contributed by atoms with Gasteiger partial charge in [-0.2, -0.15) is 0 Å². The fourth-order valence-electron chi connectivity index (χ4n) is 2.88. The number of nitrogens with one attached hydrogen (secondary N) is 2. The Hall–Kier alpha value is -1.46. The molecule has 140 valence electrons. The standard InChI is InChI=1S/C18H34N2O4/c1-17(2,3)23-15(21)19-11-13-9-7-8-10-14(13)12-20-16(22)24-18(4,5)6/h13-14H,7-12H2,1-6H3,(H,19,21)(H,20,22). The van der Waals surface area contributed by atoms with E-state index in [1.807, 2.05) is 41.5 Å². The monoisotopic (exact) mass is 342 g/mol. The minimum absolute atomic E-state index is 0.348. The van der Waals surface area contributed by atoms with E-state index in [1.54, 1.807) is 0 Å². The third-order valence-corrected chi connectivity index (χ3v) is 3.88. The number of rotatable bonds is 4. The molecule has 0 spiro atoms. The van der Waals surface area contributed by atoms with Crippen molar-refractivity contribution in [2.75, 3.05) is 13.1 Å². The molecule has 6 heteroatoms. The lowest BCUT2D eigenvalue weighted by atomic mass is 9.79. The predicted octanol–water partition coefficient (Wildman–Crippen LogP) is 3.84. The average Bonchev–Trinajstić information content (AvgIpc) is 2.40. The normalized spacial score (nSPS) is 21.8. The molecule has 1 fully saturated rings. The van der Waals surface area contributed by atoms with E-state index in [2.05, 4.69) is 10.6 Å². The van der Waals surface area contributed by atoms with E-state index >= 15 is 0 Å². The molecular weight excluding hydrogens is 308 g/mol. The van der Waals surface area contributed by atoms with Gasteiger partial charge in [-0.05, 0) is 66.2 Å². The first-order chi connectivity index (χ1) is 11.0. The quantitative estimate of drug-likeness (QED) is 0.814. The van der Waals surface area contributed by atoms with Gasteiger partial charge in [-0.1, -0.05) is 12.8 Å². The van der Waals surface area contributed by atoms with Crippen LogP contribution in [-0.4, -0.2) is 36.5 Å². The molecule has 1 saturated carbocycles. The Labute approximate surface area is 146 Å². The lowest BCUT2D eigenvalue weighted by Gasteiger charge is -2.32. The second-order valence-electron chi connectivity index (χ2n) is 8.57. The molecule has 1 aliphatic carbocycles. The SMILES string of the molecule is CC(C)(C)OC(=O)NCC1CCCCC1CNC(=O)OC(C)(C)C. The Morgan fingerprint density at radius 2 is 1.12 bits per heavy atom. The van der Waals surface area contributed by atoms with Crippen LogP contribution in [0, 0.1) is 11.8 Å². The Balaban J connectivity index is 2.42. The number of hydrogen-bond acceptors (Lipinski definition) is 4. The second kappa shape index (κ2) is 8.58. The summed E-state index contributed by atoms with van der Waals surface area (Å²) in [6.07, 6.45) is 3.65. The number of hydrogen-bond donors (Lipinski definition) is 2. The van der Waals surface area contributed by atoms with Gasteiger partial charge in [0.25, 0.3) is 0 Å². The minimum Gasteiger partial charge on any atom is -0.444 e. The first-order valence-electron chi connectivity index (χ1n) is 8.90. The Kier molecular flexibility index (Phi) is 7.36. The zero-order valence-corrected chi connectivity index (χ0v) is 16.0. The molecule has 1 rings (SSSR count). The van der Waals surface area contributed by atoms with Crippen molar-refractivity contribution in [3.05, 3.63) is 0 Å². The minimum atomic E-state index is -0.492. The van der Waals surface area contributed by atoms with Gasteiger partial charge in [-0.3, -0.25) is 0 Å². The van der Waals surface area contributed by atoms with Crippen molar-refractivity contribution >= 4 is 12.2 Å². The van der Waals surface area contributed by atoms with Crippen molar-refractivity contribution in [3.8, 4) is 0 Å². The fraction of sp³-hybridized carbons (Fsp3) is 0.889. The maximum Gasteiger partial charge on any atom is 0.407 e. The summed E-state index contributed by atoms with van der Waals surface area (Å²) in [5, 5.41) is 5.72. The second-order valence-corrected chi connectivity index (χ2v) is 8.57. The van der Waals surface area contributed by atoms with E-state index in [0.29, 0.717) is 24.9 Å². The topological polar surface area (TPSA) is 76.7 Å². The highest BCUT2D eigenvalue weighted by Crippen LogP contribution is 2.29. The first kappa shape index (κ1) is 20.6. The van der Waals surface area contributed by atoms with Crippen LogP contribution >= 0.6 is 0 Å². The molecule has 0 aromatic heterocycles. The highest BCUT2D eigenvalue weighted by atomic mass is 16.6. The van der Waals surface area contributed by atoms with Crippen LogP contribution in [-0.2, 0) is 9.47 Å². The van der Waals surface area contributed by atoms with Crippen molar-refractivity contribution in [1.82, 2.24) is 10.6 Å². The summed E-state index contributed by atoms with van der Waals surface area (Å²) in [5.41, 5.74) is -0.983. The van der Waals surface area contributed by atoms with Crippen LogP contribution in [0.15, 0.2) is 0 Å². The van der Waals surface area contributed by atoms with Gasteiger partial charge in [0.15, 0.2) is 0 Å². The molecule has 0 aromatic rings. The lowest BCUT2D eigenvalue weighted by Crippen LogP contribution is -2.42. The number of carbonyl (C=O) groups is 2. The molecule has 0 aromatic carbocycles. The van der Waals surface area contributed by atoms with Gasteiger partial charge in [0.1, 0.15) is 11.2 Å². The lowest BCUT2D eigenvalue weighted by molar-refractivity contribution is 0.0470. The number of amides is 2. The molecule has 0 radical (unpaired) electrons. The Morgan fingerprint density at radius 3 is 1.42 bits per heavy atom. The van der Waals surface area contributed by atoms with Gasteiger partial charge >= 0.3 is 12.2 Å². The molecule has 24 heavy (non-hydrogen) atoms. The fourth-order valence-corrected chi connectivity index (χ4v) is 2.88. The number of alkyl carbamates (subject to hydrolysis) is 2. The van der Waals surface area contributed by atoms with Gasteiger partial charge in [0, 0.05) is 13.1 Å². The smallest absolute Gasteiger partial charge is 0.407 e. The van der Waals surface area contributed by atoms with Gasteiger partial charge in [-0.15, -0.1) is 0 Å². The van der Waals surface area contributed by atoms with Crippen LogP contribution in [0.3, 0.4) is 0 Å². The summed E-state index contributed by atoms with van der Waals surface area (Å²) >= 11 is 0. The van der Waals surface area contributed by atoms with Crippen molar-refractivity contribution < 1.29 is 19.1 Å². The molecule has 2 unspecified atom stereocenters. The van der Waals surface area contributed by atoms with E-state index in [4.69, 9.17) is 9.47 Å². The molecular formula is C18H34N2O4. The summed E-state index contributed by atoms with van der Waals surface area (Å²) in [5.74, 6) is 0.697. The third-order valence-electron chi connectivity index (χ3n) is 3.88. The van der Waals surface area contributed by atoms with Crippen LogP contribution in [0.4, 0.5) is 9.59 Å². The van der Waals surface area contributed by atoms with E-state index in [0.717, 1.165) is 25.7 Å². The largest absolute Gasteiger partial charge is 0.444 e. The molecule has 0 saturated heterocycles. The molecule has 0 bridgehead atoms. The summed E-state index contributed by atoms with van der Waals surface area (Å²) in [4.78, 5) is 23.6. The van der Waals surface area contributed by atoms with E-state index < -0.39 is 11.2 Å². The van der Waals surface area contributed by atoms with Gasteiger partial charge in [-0.25, -0.2) is 9.59 Å². The Morgan fingerprint density at radius 1 is 0.792 bits per heavy atom. The van der Waals surface area contributed by atoms with Crippen LogP contribution < -0.4 is 10.6 Å². The molecule has 2 amide bonds. The van der Waals surface area contributed by atoms with Gasteiger partial charge in [0.2, 0.25) is 0 Å². The third kappa shape index (κ3) is 8.99. The highest BCUT2D eigenvalue weighted by molar-refractivity contribution is 5.68. The zero-order chi connectivity index (χ0) is 18.4. The maximum atomic E-state index is 11.8. The number of ether oxygens (including phenoxy) is 2. The average molecular weight is 342 g/mol. The maximum absolute atomic E-state index is 11.8. The van der Waals surface area contributed by atoms with Gasteiger partial charge in [0.05, 0.1) is 0 Å². The molecule has 2 atom stereocenters. The first-order valence-corrected chi connectivity index (χ1v) is 8.90.